The Kier molecular flexibility index (Phi) is 6.17. The number of nitrogens with one attached hydrogen (secondary N) is 1. The van der Waals surface area contributed by atoms with E-state index in [1.165, 1.54) is 0 Å². The van der Waals surface area contributed by atoms with Crippen molar-refractivity contribution >= 4 is 27.7 Å². The van der Waals surface area contributed by atoms with Gasteiger partial charge in [-0.3, -0.25) is 9.59 Å². The highest BCUT2D eigenvalue weighted by Gasteiger charge is 2.21. The summed E-state index contributed by atoms with van der Waals surface area (Å²) in [6, 6.07) is 14.7. The molecule has 0 unspecified atom stereocenters. The number of rotatable bonds is 5. The van der Waals surface area contributed by atoms with Crippen molar-refractivity contribution in [3.63, 3.8) is 0 Å². The zero-order valence-electron chi connectivity index (χ0n) is 16.7. The van der Waals surface area contributed by atoms with Crippen LogP contribution in [0.5, 0.6) is 5.75 Å². The highest BCUT2D eigenvalue weighted by molar-refractivity contribution is 9.10. The molecule has 0 aliphatic carbocycles. The highest BCUT2D eigenvalue weighted by Crippen LogP contribution is 2.30. The third kappa shape index (κ3) is 4.40. The van der Waals surface area contributed by atoms with Crippen molar-refractivity contribution in [2.45, 2.75) is 20.8 Å². The van der Waals surface area contributed by atoms with Gasteiger partial charge in [0.25, 0.3) is 0 Å². The summed E-state index contributed by atoms with van der Waals surface area (Å²) in [5.74, 6) is 0.482. The Bertz CT molecular complexity index is 1110. The van der Waals surface area contributed by atoms with Crippen LogP contribution in [0, 0.1) is 12.8 Å². The Morgan fingerprint density at radius 2 is 1.86 bits per heavy atom. The van der Waals surface area contributed by atoms with Crippen molar-refractivity contribution in [2.75, 3.05) is 12.4 Å². The first kappa shape index (κ1) is 20.8. The zero-order valence-corrected chi connectivity index (χ0v) is 18.3. The van der Waals surface area contributed by atoms with E-state index < -0.39 is 0 Å². The van der Waals surface area contributed by atoms with Gasteiger partial charge in [0.2, 0.25) is 11.3 Å². The maximum Gasteiger partial charge on any atom is 0.228 e. The molecule has 1 aromatic heterocycles. The van der Waals surface area contributed by atoms with Crippen LogP contribution in [-0.2, 0) is 4.79 Å². The van der Waals surface area contributed by atoms with Crippen LogP contribution in [0.25, 0.3) is 16.8 Å². The Morgan fingerprint density at radius 3 is 2.48 bits per heavy atom. The molecule has 150 valence electrons. The molecular weight excluding hydrogens is 434 g/mol. The number of benzene rings is 2. The lowest BCUT2D eigenvalue weighted by Gasteiger charge is -2.19. The maximum absolute atomic E-state index is 13.1. The van der Waals surface area contributed by atoms with Gasteiger partial charge in [-0.05, 0) is 48.9 Å². The second kappa shape index (κ2) is 8.61. The van der Waals surface area contributed by atoms with Crippen LogP contribution in [-0.4, -0.2) is 22.8 Å². The molecule has 29 heavy (non-hydrogen) atoms. The van der Waals surface area contributed by atoms with E-state index in [1.807, 2.05) is 30.3 Å². The summed E-state index contributed by atoms with van der Waals surface area (Å²) in [6.07, 6.45) is 0. The van der Waals surface area contributed by atoms with Crippen molar-refractivity contribution in [3.05, 3.63) is 68.9 Å². The molecule has 0 saturated heterocycles. The van der Waals surface area contributed by atoms with E-state index in [1.54, 1.807) is 50.8 Å². The summed E-state index contributed by atoms with van der Waals surface area (Å²) in [5.41, 5.74) is 1.82. The normalized spacial score (nSPS) is 10.8. The topological polar surface area (TPSA) is 73.2 Å². The van der Waals surface area contributed by atoms with Gasteiger partial charge in [0.1, 0.15) is 17.3 Å². The van der Waals surface area contributed by atoms with Gasteiger partial charge in [-0.15, -0.1) is 0 Å². The van der Waals surface area contributed by atoms with Crippen LogP contribution in [0.2, 0.25) is 0 Å². The fourth-order valence-electron chi connectivity index (χ4n) is 2.83. The number of methoxy groups -OCH3 is 1. The number of hydrogen-bond acceptors (Lipinski definition) is 4. The predicted octanol–water partition coefficient (Wildman–Crippen LogP) is 4.57. The van der Waals surface area contributed by atoms with E-state index in [2.05, 4.69) is 26.3 Å². The van der Waals surface area contributed by atoms with Crippen molar-refractivity contribution in [3.8, 4) is 22.6 Å². The van der Waals surface area contributed by atoms with E-state index in [4.69, 9.17) is 4.74 Å². The molecule has 1 amide bonds. The molecule has 0 spiro atoms. The van der Waals surface area contributed by atoms with Gasteiger partial charge in [-0.2, -0.15) is 5.10 Å². The average Bonchev–Trinajstić information content (AvgIpc) is 2.71. The fourth-order valence-corrected chi connectivity index (χ4v) is 3.10. The van der Waals surface area contributed by atoms with E-state index in [0.29, 0.717) is 28.4 Å². The lowest BCUT2D eigenvalue weighted by molar-refractivity contribution is -0.118. The van der Waals surface area contributed by atoms with Gasteiger partial charge >= 0.3 is 0 Å². The molecule has 6 nitrogen and oxygen atoms in total. The van der Waals surface area contributed by atoms with Crippen LogP contribution in [0.15, 0.2) is 57.8 Å². The number of nitrogens with zero attached hydrogens (tertiary/aromatic N) is 2. The minimum absolute atomic E-state index is 0.204. The van der Waals surface area contributed by atoms with E-state index >= 15 is 0 Å². The van der Waals surface area contributed by atoms with Crippen molar-refractivity contribution in [1.29, 1.82) is 0 Å². The smallest absolute Gasteiger partial charge is 0.228 e. The van der Waals surface area contributed by atoms with E-state index in [9.17, 15) is 9.59 Å². The number of carbonyl (C=O) groups excluding carboxylic acids is 1. The number of halogens is 1. The summed E-state index contributed by atoms with van der Waals surface area (Å²) in [4.78, 5) is 25.7. The largest absolute Gasteiger partial charge is 0.497 e. The fraction of sp³-hybridized carbons (Fsp3) is 0.227. The molecule has 1 heterocycles. The summed E-state index contributed by atoms with van der Waals surface area (Å²) in [6.45, 7) is 5.25. The molecule has 3 rings (SSSR count). The standard InChI is InChI=1S/C22H22BrN3O3/c1-13(2)22(28)24-21-19(15-6-5-7-18(12-15)29-4)20(27)14(3)25-26(21)17-10-8-16(23)9-11-17/h5-13H,1-4H3,(H,24,28). The SMILES string of the molecule is COc1cccc(-c2c(NC(=O)C(C)C)n(-c3ccc(Br)cc3)nc(C)c2=O)c1. The minimum Gasteiger partial charge on any atom is -0.497 e. The number of ether oxygens (including phenoxy) is 1. The Morgan fingerprint density at radius 1 is 1.17 bits per heavy atom. The predicted molar refractivity (Wildman–Crippen MR) is 118 cm³/mol. The first-order valence-corrected chi connectivity index (χ1v) is 9.96. The van der Waals surface area contributed by atoms with E-state index in [0.717, 1.165) is 10.2 Å². The lowest BCUT2D eigenvalue weighted by Crippen LogP contribution is -2.26. The lowest BCUT2D eigenvalue weighted by atomic mass is 10.0. The molecule has 0 radical (unpaired) electrons. The number of aryl methyl sites for hydroxylation is 1. The van der Waals surface area contributed by atoms with Gasteiger partial charge in [0, 0.05) is 10.4 Å². The number of carbonyl (C=O) groups is 1. The van der Waals surface area contributed by atoms with Crippen LogP contribution in [0.4, 0.5) is 5.82 Å². The molecule has 3 aromatic rings. The summed E-state index contributed by atoms with van der Waals surface area (Å²) in [7, 11) is 1.57. The first-order chi connectivity index (χ1) is 13.8. The van der Waals surface area contributed by atoms with Crippen molar-refractivity contribution in [1.82, 2.24) is 9.78 Å². The Labute approximate surface area is 177 Å². The molecule has 7 heteroatoms. The molecule has 0 saturated carbocycles. The van der Waals surface area contributed by atoms with Gasteiger partial charge in [-0.25, -0.2) is 4.68 Å². The van der Waals surface area contributed by atoms with Crippen LogP contribution >= 0.6 is 15.9 Å². The summed E-state index contributed by atoms with van der Waals surface area (Å²) in [5, 5.41) is 7.36. The number of anilines is 1. The molecule has 0 aliphatic heterocycles. The molecule has 2 aromatic carbocycles. The summed E-state index contributed by atoms with van der Waals surface area (Å²) < 4.78 is 7.83. The third-order valence-corrected chi connectivity index (χ3v) is 4.98. The molecule has 1 N–H and O–H groups in total. The monoisotopic (exact) mass is 455 g/mol. The quantitative estimate of drug-likeness (QED) is 0.611. The van der Waals surface area contributed by atoms with Gasteiger partial charge in [0.15, 0.2) is 0 Å². The highest BCUT2D eigenvalue weighted by atomic mass is 79.9. The third-order valence-electron chi connectivity index (χ3n) is 4.45. The van der Waals surface area contributed by atoms with Gasteiger partial charge in [0.05, 0.1) is 18.4 Å². The number of hydrogen-bond donors (Lipinski definition) is 1. The number of aromatic nitrogens is 2. The average molecular weight is 456 g/mol. The van der Waals surface area contributed by atoms with Crippen molar-refractivity contribution < 1.29 is 9.53 Å². The second-order valence-corrected chi connectivity index (χ2v) is 7.82. The van der Waals surface area contributed by atoms with Crippen molar-refractivity contribution in [2.24, 2.45) is 5.92 Å². The zero-order chi connectivity index (χ0) is 21.1. The van der Waals surface area contributed by atoms with Crippen LogP contribution in [0.3, 0.4) is 0 Å². The van der Waals surface area contributed by atoms with Crippen LogP contribution < -0.4 is 15.5 Å². The summed E-state index contributed by atoms with van der Waals surface area (Å²) >= 11 is 3.43. The van der Waals surface area contributed by atoms with Gasteiger partial charge in [-0.1, -0.05) is 41.9 Å². The Hall–Kier alpha value is -2.93. The minimum atomic E-state index is -0.261. The van der Waals surface area contributed by atoms with Gasteiger partial charge < -0.3 is 10.1 Å². The molecule has 0 atom stereocenters. The molecule has 0 aliphatic rings. The maximum atomic E-state index is 13.1. The molecular formula is C22H22BrN3O3. The first-order valence-electron chi connectivity index (χ1n) is 9.17. The molecule has 0 fully saturated rings. The molecule has 0 bridgehead atoms. The second-order valence-electron chi connectivity index (χ2n) is 6.90. The van der Waals surface area contributed by atoms with E-state index in [-0.39, 0.29) is 17.3 Å². The van der Waals surface area contributed by atoms with Crippen LogP contribution in [0.1, 0.15) is 19.5 Å². The number of amides is 1. The Balaban J connectivity index is 2.34.